The molecule has 9 heteroatoms. The highest BCUT2D eigenvalue weighted by molar-refractivity contribution is 6.76. The average molecular weight is 415 g/mol. The number of nitrogens with one attached hydrogen (secondary N) is 1. The Hall–Kier alpha value is -2.10. The third-order valence-electron chi connectivity index (χ3n) is 5.77. The molecule has 0 spiro atoms. The minimum atomic E-state index is -1.18. The minimum Gasteiger partial charge on any atom is -0.361 e. The zero-order chi connectivity index (χ0) is 21.0. The summed E-state index contributed by atoms with van der Waals surface area (Å²) in [7, 11) is -1.18. The molecule has 0 saturated heterocycles. The summed E-state index contributed by atoms with van der Waals surface area (Å²) >= 11 is 0. The van der Waals surface area contributed by atoms with Gasteiger partial charge in [-0.05, 0) is 26.8 Å². The van der Waals surface area contributed by atoms with E-state index in [1.165, 1.54) is 11.9 Å². The van der Waals surface area contributed by atoms with Gasteiger partial charge < -0.3 is 10.1 Å². The van der Waals surface area contributed by atoms with E-state index in [1.807, 2.05) is 20.0 Å². The zero-order valence-electron chi connectivity index (χ0n) is 18.1. The van der Waals surface area contributed by atoms with Crippen LogP contribution in [0.15, 0.2) is 12.5 Å². The molecule has 0 aromatic carbocycles. The van der Waals surface area contributed by atoms with Crippen LogP contribution in [0, 0.1) is 0 Å². The van der Waals surface area contributed by atoms with E-state index in [1.54, 1.807) is 9.58 Å². The number of nitrogens with zero attached hydrogens (tertiary/aromatic N) is 5. The summed E-state index contributed by atoms with van der Waals surface area (Å²) in [5.41, 5.74) is 2.26. The van der Waals surface area contributed by atoms with Crippen LogP contribution < -0.4 is 10.2 Å². The molecule has 0 bridgehead atoms. The molecule has 1 unspecified atom stereocenters. The van der Waals surface area contributed by atoms with Crippen LogP contribution in [0.2, 0.25) is 25.7 Å². The van der Waals surface area contributed by atoms with Gasteiger partial charge in [-0.15, -0.1) is 0 Å². The van der Waals surface area contributed by atoms with E-state index in [9.17, 15) is 4.79 Å². The lowest BCUT2D eigenvalue weighted by Crippen LogP contribution is -2.38. The molecule has 0 radical (unpaired) electrons. The number of amides is 1. The van der Waals surface area contributed by atoms with E-state index in [0.717, 1.165) is 23.8 Å². The van der Waals surface area contributed by atoms with Crippen molar-refractivity contribution in [3.8, 4) is 5.82 Å². The molecule has 2 aromatic rings. The number of aromatic nitrogens is 4. The molecular weight excluding hydrogens is 384 g/mol. The number of ether oxygens (including phenoxy) is 1. The van der Waals surface area contributed by atoms with Gasteiger partial charge in [-0.25, -0.2) is 14.6 Å². The Balaban J connectivity index is 1.65. The maximum atomic E-state index is 13.2. The van der Waals surface area contributed by atoms with Crippen molar-refractivity contribution in [2.45, 2.75) is 64.5 Å². The van der Waals surface area contributed by atoms with Crippen molar-refractivity contribution < 1.29 is 9.53 Å². The summed E-state index contributed by atoms with van der Waals surface area (Å²) in [6.07, 6.45) is 3.52. The fraction of sp³-hybridized carbons (Fsp3) is 0.600. The molecule has 0 aliphatic carbocycles. The van der Waals surface area contributed by atoms with Crippen LogP contribution in [0.1, 0.15) is 43.6 Å². The summed E-state index contributed by atoms with van der Waals surface area (Å²) in [4.78, 5) is 23.8. The Morgan fingerprint density at radius 3 is 2.69 bits per heavy atom. The van der Waals surface area contributed by atoms with Crippen molar-refractivity contribution in [3.05, 3.63) is 29.3 Å². The summed E-state index contributed by atoms with van der Waals surface area (Å²) in [6, 6.07) is 1.32. The van der Waals surface area contributed by atoms with Gasteiger partial charge in [0.1, 0.15) is 18.9 Å². The molecular formula is C20H30N6O2Si. The number of carbonyl (C=O) groups excluding carboxylic acids is 1. The number of rotatable bonds is 6. The Kier molecular flexibility index (Phi) is 4.87. The first-order chi connectivity index (χ1) is 13.6. The zero-order valence-corrected chi connectivity index (χ0v) is 19.1. The van der Waals surface area contributed by atoms with Gasteiger partial charge in [-0.2, -0.15) is 5.10 Å². The Bertz CT molecular complexity index is 949. The third kappa shape index (κ3) is 3.51. The highest BCUT2D eigenvalue weighted by Gasteiger charge is 2.48. The van der Waals surface area contributed by atoms with E-state index in [4.69, 9.17) is 9.84 Å². The third-order valence-corrected chi connectivity index (χ3v) is 7.47. The molecule has 4 heterocycles. The number of anilines is 1. The van der Waals surface area contributed by atoms with Gasteiger partial charge in [-0.3, -0.25) is 9.69 Å². The van der Waals surface area contributed by atoms with E-state index in [-0.39, 0.29) is 18.7 Å². The van der Waals surface area contributed by atoms with Gasteiger partial charge in [0.25, 0.3) is 0 Å². The molecule has 8 nitrogen and oxygen atoms in total. The average Bonchev–Trinajstić information content (AvgIpc) is 3.26. The molecule has 4 rings (SSSR count). The monoisotopic (exact) mass is 414 g/mol. The number of hydrogen-bond acceptors (Lipinski definition) is 6. The Morgan fingerprint density at radius 2 is 2.00 bits per heavy atom. The second kappa shape index (κ2) is 7.00. The fourth-order valence-corrected chi connectivity index (χ4v) is 4.65. The first-order valence-electron chi connectivity index (χ1n) is 10.2. The summed E-state index contributed by atoms with van der Waals surface area (Å²) in [5.74, 6) is 1.27. The SMILES string of the molecule is CC1NCc2nn(-c3ncnc4c3C(C)(C)C(=O)N4COCC[Si](C)(C)C)cc21. The maximum absolute atomic E-state index is 13.2. The van der Waals surface area contributed by atoms with Crippen LogP contribution in [0.4, 0.5) is 5.82 Å². The molecule has 2 aliphatic rings. The number of hydrogen-bond donors (Lipinski definition) is 1. The molecule has 0 saturated carbocycles. The van der Waals surface area contributed by atoms with Gasteiger partial charge in [0.2, 0.25) is 5.91 Å². The van der Waals surface area contributed by atoms with Crippen molar-refractivity contribution >= 4 is 19.8 Å². The summed E-state index contributed by atoms with van der Waals surface area (Å²) in [6.45, 7) is 14.5. The van der Waals surface area contributed by atoms with Gasteiger partial charge >= 0.3 is 0 Å². The van der Waals surface area contributed by atoms with Gasteiger partial charge in [0, 0.05) is 39.0 Å². The van der Waals surface area contributed by atoms with Crippen molar-refractivity contribution in [2.24, 2.45) is 0 Å². The first-order valence-corrected chi connectivity index (χ1v) is 13.9. The van der Waals surface area contributed by atoms with E-state index >= 15 is 0 Å². The summed E-state index contributed by atoms with van der Waals surface area (Å²) < 4.78 is 7.67. The fourth-order valence-electron chi connectivity index (χ4n) is 3.89. The normalized spacial score (nSPS) is 20.3. The molecule has 1 N–H and O–H groups in total. The predicted molar refractivity (Wildman–Crippen MR) is 114 cm³/mol. The molecule has 29 heavy (non-hydrogen) atoms. The molecule has 2 aliphatic heterocycles. The van der Waals surface area contributed by atoms with Gasteiger partial charge in [-0.1, -0.05) is 19.6 Å². The maximum Gasteiger partial charge on any atom is 0.240 e. The van der Waals surface area contributed by atoms with Crippen molar-refractivity contribution in [2.75, 3.05) is 18.2 Å². The standard InChI is InChI=1S/C20H30N6O2Si/c1-13-14-10-26(24-15(14)9-21-13)18-16-17(22-11-23-18)25(19(27)20(16,2)3)12-28-7-8-29(4,5)6/h10-11,13,21H,7-9,12H2,1-6H3. The second-order valence-electron chi connectivity index (χ2n) is 9.68. The van der Waals surface area contributed by atoms with E-state index < -0.39 is 13.5 Å². The van der Waals surface area contributed by atoms with Crippen LogP contribution in [0.3, 0.4) is 0 Å². The number of fused-ring (bicyclic) bond motifs is 2. The highest BCUT2D eigenvalue weighted by atomic mass is 28.3. The molecule has 156 valence electrons. The van der Waals surface area contributed by atoms with Crippen LogP contribution in [0.5, 0.6) is 0 Å². The van der Waals surface area contributed by atoms with Crippen LogP contribution >= 0.6 is 0 Å². The smallest absolute Gasteiger partial charge is 0.240 e. The van der Waals surface area contributed by atoms with E-state index in [2.05, 4.69) is 41.8 Å². The van der Waals surface area contributed by atoms with Gasteiger partial charge in [0.15, 0.2) is 5.82 Å². The number of carbonyl (C=O) groups is 1. The molecule has 1 amide bonds. The minimum absolute atomic E-state index is 0.0167. The highest BCUT2D eigenvalue weighted by Crippen LogP contribution is 2.42. The predicted octanol–water partition coefficient (Wildman–Crippen LogP) is 2.76. The Labute approximate surface area is 172 Å². The quantitative estimate of drug-likeness (QED) is 0.578. The van der Waals surface area contributed by atoms with Crippen molar-refractivity contribution in [3.63, 3.8) is 0 Å². The lowest BCUT2D eigenvalue weighted by Gasteiger charge is -2.21. The topological polar surface area (TPSA) is 85.2 Å². The van der Waals surface area contributed by atoms with Gasteiger partial charge in [0.05, 0.1) is 16.7 Å². The van der Waals surface area contributed by atoms with Crippen molar-refractivity contribution in [1.82, 2.24) is 25.1 Å². The molecule has 0 fully saturated rings. The molecule has 2 aromatic heterocycles. The molecule has 1 atom stereocenters. The lowest BCUT2D eigenvalue weighted by molar-refractivity contribution is -0.123. The van der Waals surface area contributed by atoms with Crippen LogP contribution in [-0.4, -0.2) is 47.1 Å². The van der Waals surface area contributed by atoms with Crippen LogP contribution in [-0.2, 0) is 21.5 Å². The van der Waals surface area contributed by atoms with Crippen molar-refractivity contribution in [1.29, 1.82) is 0 Å². The lowest BCUT2D eigenvalue weighted by atomic mass is 9.87. The summed E-state index contributed by atoms with van der Waals surface area (Å²) in [5, 5.41) is 8.10. The largest absolute Gasteiger partial charge is 0.361 e. The second-order valence-corrected chi connectivity index (χ2v) is 15.3. The first kappa shape index (κ1) is 20.2. The Morgan fingerprint density at radius 1 is 1.28 bits per heavy atom. The van der Waals surface area contributed by atoms with Crippen LogP contribution in [0.25, 0.3) is 5.82 Å². The van der Waals surface area contributed by atoms with E-state index in [0.29, 0.717) is 18.2 Å².